The quantitative estimate of drug-likeness (QED) is 0.329. The first-order valence-electron chi connectivity index (χ1n) is 9.04. The van der Waals surface area contributed by atoms with Crippen molar-refractivity contribution in [2.75, 3.05) is 13.2 Å². The van der Waals surface area contributed by atoms with E-state index in [0.29, 0.717) is 28.2 Å². The number of hydrogen-bond acceptors (Lipinski definition) is 6. The Morgan fingerprint density at radius 2 is 2.00 bits per heavy atom. The third kappa shape index (κ3) is 3.72. The van der Waals surface area contributed by atoms with Gasteiger partial charge in [-0.3, -0.25) is 10.1 Å². The van der Waals surface area contributed by atoms with Gasteiger partial charge in [-0.15, -0.1) is 0 Å². The minimum absolute atomic E-state index is 0.177. The molecular formula is C20H16Cl2N2O6S. The molecule has 8 nitrogen and oxygen atoms in total. The highest BCUT2D eigenvalue weighted by molar-refractivity contribution is 7.90. The zero-order valence-corrected chi connectivity index (χ0v) is 18.2. The summed E-state index contributed by atoms with van der Waals surface area (Å²) in [6, 6.07) is 7.84. The Balaban J connectivity index is 1.91. The number of hydrogen-bond donors (Lipinski definition) is 1. The molecule has 2 aromatic carbocycles. The van der Waals surface area contributed by atoms with Crippen LogP contribution in [-0.2, 0) is 14.8 Å². The molecule has 162 valence electrons. The van der Waals surface area contributed by atoms with Crippen LogP contribution in [0.2, 0.25) is 10.0 Å². The normalized spacial score (nSPS) is 17.9. The van der Waals surface area contributed by atoms with Gasteiger partial charge in [-0.25, -0.2) is 12.4 Å². The molecule has 4 rings (SSSR count). The van der Waals surface area contributed by atoms with Crippen LogP contribution in [0.15, 0.2) is 59.6 Å². The van der Waals surface area contributed by atoms with Crippen molar-refractivity contribution in [3.8, 4) is 0 Å². The fourth-order valence-electron chi connectivity index (χ4n) is 3.61. The lowest BCUT2D eigenvalue weighted by Crippen LogP contribution is -2.15. The van der Waals surface area contributed by atoms with E-state index in [1.165, 1.54) is 24.4 Å². The Labute approximate surface area is 187 Å². The van der Waals surface area contributed by atoms with Gasteiger partial charge in [0.25, 0.3) is 15.7 Å². The van der Waals surface area contributed by atoms with Gasteiger partial charge in [0.05, 0.1) is 34.7 Å². The van der Waals surface area contributed by atoms with Crippen molar-refractivity contribution in [1.29, 1.82) is 0 Å². The van der Waals surface area contributed by atoms with Gasteiger partial charge < -0.3 is 9.84 Å². The van der Waals surface area contributed by atoms with Crippen LogP contribution in [0.1, 0.15) is 11.7 Å². The second-order valence-electron chi connectivity index (χ2n) is 7.14. The highest BCUT2D eigenvalue weighted by atomic mass is 35.5. The van der Waals surface area contributed by atoms with Crippen molar-refractivity contribution in [3.05, 3.63) is 80.5 Å². The highest BCUT2D eigenvalue weighted by Gasteiger charge is 2.32. The lowest BCUT2D eigenvalue weighted by molar-refractivity contribution is -0.384. The Hall–Kier alpha value is -2.43. The number of aliphatic hydroxyl groups excluding tert-OH is 1. The Kier molecular flexibility index (Phi) is 5.57. The Morgan fingerprint density at radius 3 is 2.65 bits per heavy atom. The Morgan fingerprint density at radius 1 is 1.26 bits per heavy atom. The summed E-state index contributed by atoms with van der Waals surface area (Å²) in [6.45, 7) is 4.47. The number of nitrogens with zero attached hydrogens (tertiary/aromatic N) is 2. The second-order valence-corrected chi connectivity index (χ2v) is 9.80. The summed E-state index contributed by atoms with van der Waals surface area (Å²) >= 11 is 11.9. The van der Waals surface area contributed by atoms with Gasteiger partial charge in [-0.2, -0.15) is 0 Å². The first-order valence-corrected chi connectivity index (χ1v) is 11.2. The zero-order chi connectivity index (χ0) is 22.5. The molecule has 1 aromatic heterocycles. The molecule has 0 bridgehead atoms. The van der Waals surface area contributed by atoms with E-state index >= 15 is 0 Å². The molecule has 1 fully saturated rings. The largest absolute Gasteiger partial charge is 0.388 e. The highest BCUT2D eigenvalue weighted by Crippen LogP contribution is 2.38. The summed E-state index contributed by atoms with van der Waals surface area (Å²) in [6.07, 6.45) is 0.222. The molecule has 2 atom stereocenters. The summed E-state index contributed by atoms with van der Waals surface area (Å²) in [5, 5.41) is 22.8. The SMILES string of the molecule is C=C1COCC1C(O)c1cn(S(=O)(=O)c2ccc(Cl)c([N+](=O)[O-])c2)c2ccc(Cl)cc12. The predicted octanol–water partition coefficient (Wildman–Crippen LogP) is 4.33. The summed E-state index contributed by atoms with van der Waals surface area (Å²) in [5.41, 5.74) is 0.773. The number of halogens is 2. The summed E-state index contributed by atoms with van der Waals surface area (Å²) in [7, 11) is -4.26. The van der Waals surface area contributed by atoms with Crippen LogP contribution in [-0.4, -0.2) is 35.6 Å². The first kappa shape index (κ1) is 21.8. The van der Waals surface area contributed by atoms with E-state index in [-0.39, 0.29) is 22.0 Å². The first-order chi connectivity index (χ1) is 14.6. The molecule has 2 heterocycles. The number of fused-ring (bicyclic) bond motifs is 1. The van der Waals surface area contributed by atoms with Gasteiger partial charge in [-0.1, -0.05) is 29.8 Å². The fourth-order valence-corrected chi connectivity index (χ4v) is 5.37. The standard InChI is InChI=1S/C20H16Cl2N2O6S/c1-11-9-30-10-16(11)20(25)15-8-23(18-5-2-12(21)6-14(15)18)31(28,29)13-3-4-17(22)19(7-13)24(26)27/h2-8,16,20,25H,1,9-10H2. The second kappa shape index (κ2) is 7.92. The van der Waals surface area contributed by atoms with E-state index in [0.717, 1.165) is 16.1 Å². The van der Waals surface area contributed by atoms with E-state index in [2.05, 4.69) is 6.58 Å². The molecule has 0 saturated carbocycles. The molecule has 1 saturated heterocycles. The monoisotopic (exact) mass is 482 g/mol. The molecule has 2 unspecified atom stereocenters. The fraction of sp³-hybridized carbons (Fsp3) is 0.200. The van der Waals surface area contributed by atoms with Gasteiger partial charge in [0.2, 0.25) is 0 Å². The third-order valence-electron chi connectivity index (χ3n) is 5.24. The minimum Gasteiger partial charge on any atom is -0.388 e. The number of aliphatic hydroxyl groups is 1. The molecule has 11 heteroatoms. The van der Waals surface area contributed by atoms with Crippen molar-refractivity contribution in [1.82, 2.24) is 3.97 Å². The van der Waals surface area contributed by atoms with Gasteiger partial charge in [0.15, 0.2) is 0 Å². The van der Waals surface area contributed by atoms with Crippen LogP contribution in [0.25, 0.3) is 10.9 Å². The molecular weight excluding hydrogens is 467 g/mol. The van der Waals surface area contributed by atoms with Crippen LogP contribution in [0.4, 0.5) is 5.69 Å². The van der Waals surface area contributed by atoms with E-state index in [4.69, 9.17) is 27.9 Å². The number of benzene rings is 2. The van der Waals surface area contributed by atoms with Crippen molar-refractivity contribution >= 4 is 49.8 Å². The number of aromatic nitrogens is 1. The summed E-state index contributed by atoms with van der Waals surface area (Å²) in [5.74, 6) is -0.405. The molecule has 0 amide bonds. The van der Waals surface area contributed by atoms with Crippen LogP contribution >= 0.6 is 23.2 Å². The van der Waals surface area contributed by atoms with Crippen molar-refractivity contribution in [2.24, 2.45) is 5.92 Å². The molecule has 0 aliphatic carbocycles. The van der Waals surface area contributed by atoms with Gasteiger partial charge >= 0.3 is 0 Å². The van der Waals surface area contributed by atoms with Crippen molar-refractivity contribution in [2.45, 2.75) is 11.0 Å². The van der Waals surface area contributed by atoms with E-state index < -0.39 is 32.7 Å². The van der Waals surface area contributed by atoms with Crippen LogP contribution in [0.3, 0.4) is 0 Å². The van der Waals surface area contributed by atoms with Gasteiger partial charge in [-0.05, 0) is 35.9 Å². The maximum absolute atomic E-state index is 13.4. The van der Waals surface area contributed by atoms with Crippen LogP contribution < -0.4 is 0 Å². The summed E-state index contributed by atoms with van der Waals surface area (Å²) in [4.78, 5) is 10.1. The minimum atomic E-state index is -4.26. The lowest BCUT2D eigenvalue weighted by atomic mass is 9.92. The maximum Gasteiger partial charge on any atom is 0.289 e. The Bertz CT molecular complexity index is 1330. The number of nitro benzene ring substituents is 1. The average Bonchev–Trinajstić information content (AvgIpc) is 3.31. The topological polar surface area (TPSA) is 112 Å². The van der Waals surface area contributed by atoms with Gasteiger partial charge in [0.1, 0.15) is 5.02 Å². The molecule has 3 aromatic rings. The molecule has 31 heavy (non-hydrogen) atoms. The number of nitro groups is 1. The van der Waals surface area contributed by atoms with Crippen molar-refractivity contribution < 1.29 is 23.2 Å². The molecule has 1 aliphatic heterocycles. The lowest BCUT2D eigenvalue weighted by Gasteiger charge is -2.17. The van der Waals surface area contributed by atoms with E-state index in [1.807, 2.05) is 0 Å². The van der Waals surface area contributed by atoms with E-state index in [9.17, 15) is 23.6 Å². The average molecular weight is 483 g/mol. The zero-order valence-electron chi connectivity index (χ0n) is 15.9. The van der Waals surface area contributed by atoms with Crippen LogP contribution in [0.5, 0.6) is 0 Å². The molecule has 1 aliphatic rings. The third-order valence-corrected chi connectivity index (χ3v) is 7.47. The number of ether oxygens (including phenoxy) is 1. The van der Waals surface area contributed by atoms with Crippen molar-refractivity contribution in [3.63, 3.8) is 0 Å². The molecule has 0 spiro atoms. The number of rotatable bonds is 5. The van der Waals surface area contributed by atoms with Crippen LogP contribution in [0, 0.1) is 16.0 Å². The predicted molar refractivity (Wildman–Crippen MR) is 116 cm³/mol. The smallest absolute Gasteiger partial charge is 0.289 e. The van der Waals surface area contributed by atoms with Gasteiger partial charge in [0, 0.05) is 34.2 Å². The van der Waals surface area contributed by atoms with E-state index in [1.54, 1.807) is 6.07 Å². The maximum atomic E-state index is 13.4. The summed E-state index contributed by atoms with van der Waals surface area (Å²) < 4.78 is 33.1. The molecule has 0 radical (unpaired) electrons. The molecule has 1 N–H and O–H groups in total.